The van der Waals surface area contributed by atoms with E-state index >= 15 is 0 Å². The molecule has 0 radical (unpaired) electrons. The summed E-state index contributed by atoms with van der Waals surface area (Å²) in [6.07, 6.45) is 1.80. The molecule has 0 fully saturated rings. The summed E-state index contributed by atoms with van der Waals surface area (Å²) in [6, 6.07) is 20.2. The third kappa shape index (κ3) is 3.31. The van der Waals surface area contributed by atoms with Crippen LogP contribution in [-0.2, 0) is 10.0 Å². The predicted octanol–water partition coefficient (Wildman–Crippen LogP) is 4.42. The summed E-state index contributed by atoms with van der Waals surface area (Å²) in [7, 11) is -3.74. The number of hydrogen-bond acceptors (Lipinski definition) is 3. The zero-order valence-corrected chi connectivity index (χ0v) is 15.9. The number of pyridine rings is 1. The minimum atomic E-state index is -3.74. The molecule has 27 heavy (non-hydrogen) atoms. The Balaban J connectivity index is 1.86. The van der Waals surface area contributed by atoms with Gasteiger partial charge < -0.3 is 0 Å². The number of benzene rings is 2. The van der Waals surface area contributed by atoms with E-state index in [9.17, 15) is 8.42 Å². The van der Waals surface area contributed by atoms with Crippen LogP contribution in [0.25, 0.3) is 16.9 Å². The molecule has 0 bridgehead atoms. The molecule has 4 rings (SSSR count). The molecule has 4 aromatic rings. The third-order valence-corrected chi connectivity index (χ3v) is 5.77. The maximum Gasteiger partial charge on any atom is 0.263 e. The zero-order chi connectivity index (χ0) is 19.0. The minimum absolute atomic E-state index is 0.217. The van der Waals surface area contributed by atoms with E-state index in [1.807, 2.05) is 56.3 Å². The van der Waals surface area contributed by atoms with Gasteiger partial charge in [0.15, 0.2) is 5.82 Å². The Morgan fingerprint density at radius 2 is 1.48 bits per heavy atom. The van der Waals surface area contributed by atoms with Gasteiger partial charge in [-0.1, -0.05) is 53.6 Å². The molecule has 0 aliphatic rings. The van der Waals surface area contributed by atoms with Gasteiger partial charge in [-0.2, -0.15) is 0 Å². The van der Waals surface area contributed by atoms with E-state index in [4.69, 9.17) is 0 Å². The molecule has 5 nitrogen and oxygen atoms in total. The van der Waals surface area contributed by atoms with Crippen molar-refractivity contribution < 1.29 is 8.42 Å². The number of sulfonamides is 1. The maximum absolute atomic E-state index is 12.9. The maximum atomic E-state index is 12.9. The van der Waals surface area contributed by atoms with Crippen molar-refractivity contribution in [2.45, 2.75) is 18.7 Å². The van der Waals surface area contributed by atoms with Crippen LogP contribution >= 0.6 is 0 Å². The first-order valence-corrected chi connectivity index (χ1v) is 10.1. The lowest BCUT2D eigenvalue weighted by Gasteiger charge is -2.10. The quantitative estimate of drug-likeness (QED) is 0.573. The molecule has 0 amide bonds. The second-order valence-corrected chi connectivity index (χ2v) is 8.20. The number of rotatable bonds is 4. The number of hydrogen-bond donors (Lipinski definition) is 1. The molecular weight excluding hydrogens is 358 g/mol. The van der Waals surface area contributed by atoms with E-state index in [1.54, 1.807) is 34.9 Å². The number of aryl methyl sites for hydroxylation is 2. The molecule has 6 heteroatoms. The van der Waals surface area contributed by atoms with E-state index in [0.29, 0.717) is 17.2 Å². The lowest BCUT2D eigenvalue weighted by molar-refractivity contribution is 0.601. The van der Waals surface area contributed by atoms with Crippen LogP contribution < -0.4 is 4.72 Å². The van der Waals surface area contributed by atoms with Gasteiger partial charge in [0.2, 0.25) is 0 Å². The molecule has 136 valence electrons. The monoisotopic (exact) mass is 377 g/mol. The Bertz CT molecular complexity index is 1210. The van der Waals surface area contributed by atoms with Crippen molar-refractivity contribution in [1.29, 1.82) is 0 Å². The summed E-state index contributed by atoms with van der Waals surface area (Å²) in [5.41, 5.74) is 4.26. The van der Waals surface area contributed by atoms with Gasteiger partial charge in [0.25, 0.3) is 10.0 Å². The van der Waals surface area contributed by atoms with Crippen LogP contribution in [0.4, 0.5) is 5.82 Å². The van der Waals surface area contributed by atoms with Crippen molar-refractivity contribution in [3.8, 4) is 11.3 Å². The van der Waals surface area contributed by atoms with E-state index < -0.39 is 10.0 Å². The molecule has 0 aliphatic heterocycles. The van der Waals surface area contributed by atoms with E-state index in [2.05, 4.69) is 9.71 Å². The van der Waals surface area contributed by atoms with Gasteiger partial charge in [0.05, 0.1) is 4.90 Å². The third-order valence-electron chi connectivity index (χ3n) is 4.42. The number of fused-ring (bicyclic) bond motifs is 1. The summed E-state index contributed by atoms with van der Waals surface area (Å²) in [6.45, 7) is 3.93. The molecule has 2 aromatic carbocycles. The lowest BCUT2D eigenvalue weighted by atomic mass is 10.1. The van der Waals surface area contributed by atoms with Gasteiger partial charge in [0.1, 0.15) is 11.3 Å². The van der Waals surface area contributed by atoms with E-state index in [-0.39, 0.29) is 4.90 Å². The van der Waals surface area contributed by atoms with Crippen LogP contribution in [0, 0.1) is 13.8 Å². The zero-order valence-electron chi connectivity index (χ0n) is 15.0. The molecule has 0 spiro atoms. The number of nitrogens with one attached hydrogen (secondary N) is 1. The number of aromatic nitrogens is 2. The second kappa shape index (κ2) is 6.55. The van der Waals surface area contributed by atoms with Crippen LogP contribution in [0.5, 0.6) is 0 Å². The fourth-order valence-electron chi connectivity index (χ4n) is 2.91. The Labute approximate surface area is 158 Å². The van der Waals surface area contributed by atoms with Crippen molar-refractivity contribution in [2.75, 3.05) is 4.72 Å². The van der Waals surface area contributed by atoms with Crippen molar-refractivity contribution in [3.63, 3.8) is 0 Å². The highest BCUT2D eigenvalue weighted by Gasteiger charge is 2.21. The predicted molar refractivity (Wildman–Crippen MR) is 107 cm³/mol. The summed E-state index contributed by atoms with van der Waals surface area (Å²) >= 11 is 0. The first-order valence-electron chi connectivity index (χ1n) is 8.58. The van der Waals surface area contributed by atoms with Gasteiger partial charge in [-0.05, 0) is 38.1 Å². The van der Waals surface area contributed by atoms with Crippen molar-refractivity contribution in [1.82, 2.24) is 9.38 Å². The Kier molecular flexibility index (Phi) is 4.20. The molecule has 0 aliphatic carbocycles. The molecule has 0 saturated heterocycles. The standard InChI is InChI=1S/C21H19N3O2S/c1-15-6-10-17(11-7-15)20-21(24-14-4-3-5-19(24)22-20)23-27(25,26)18-12-8-16(2)9-13-18/h3-14,23H,1-2H3. The average Bonchev–Trinajstić information content (AvgIpc) is 3.01. The smallest absolute Gasteiger partial charge is 0.263 e. The van der Waals surface area contributed by atoms with Crippen molar-refractivity contribution in [3.05, 3.63) is 84.1 Å². The summed E-state index contributed by atoms with van der Waals surface area (Å²) in [4.78, 5) is 4.86. The summed E-state index contributed by atoms with van der Waals surface area (Å²) in [5, 5.41) is 0. The van der Waals surface area contributed by atoms with Crippen molar-refractivity contribution in [2.24, 2.45) is 0 Å². The Morgan fingerprint density at radius 3 is 2.15 bits per heavy atom. The fraction of sp³-hybridized carbons (Fsp3) is 0.0952. The summed E-state index contributed by atoms with van der Waals surface area (Å²) in [5.74, 6) is 0.426. The fourth-order valence-corrected chi connectivity index (χ4v) is 3.97. The summed E-state index contributed by atoms with van der Waals surface area (Å²) < 4.78 is 30.4. The van der Waals surface area contributed by atoms with Crippen LogP contribution in [0.2, 0.25) is 0 Å². The SMILES string of the molecule is Cc1ccc(-c2nc3ccccn3c2NS(=O)(=O)c2ccc(C)cc2)cc1. The molecule has 1 N–H and O–H groups in total. The number of imidazole rings is 1. The van der Waals surface area contributed by atoms with E-state index in [0.717, 1.165) is 16.7 Å². The van der Waals surface area contributed by atoms with Crippen LogP contribution in [0.15, 0.2) is 77.8 Å². The molecule has 0 atom stereocenters. The highest BCUT2D eigenvalue weighted by Crippen LogP contribution is 2.30. The Hall–Kier alpha value is -3.12. The van der Waals surface area contributed by atoms with Crippen LogP contribution in [-0.4, -0.2) is 17.8 Å². The first-order chi connectivity index (χ1) is 12.9. The van der Waals surface area contributed by atoms with Gasteiger partial charge >= 0.3 is 0 Å². The highest BCUT2D eigenvalue weighted by atomic mass is 32.2. The second-order valence-electron chi connectivity index (χ2n) is 6.52. The molecule has 0 unspecified atom stereocenters. The van der Waals surface area contributed by atoms with Gasteiger partial charge in [0, 0.05) is 11.8 Å². The molecule has 2 aromatic heterocycles. The van der Waals surface area contributed by atoms with Gasteiger partial charge in [-0.15, -0.1) is 0 Å². The lowest BCUT2D eigenvalue weighted by Crippen LogP contribution is -2.15. The van der Waals surface area contributed by atoms with Crippen LogP contribution in [0.1, 0.15) is 11.1 Å². The number of nitrogens with zero attached hydrogens (tertiary/aromatic N) is 2. The molecule has 2 heterocycles. The number of anilines is 1. The highest BCUT2D eigenvalue weighted by molar-refractivity contribution is 7.92. The average molecular weight is 377 g/mol. The van der Waals surface area contributed by atoms with Gasteiger partial charge in [-0.25, -0.2) is 13.4 Å². The van der Waals surface area contributed by atoms with Crippen LogP contribution in [0.3, 0.4) is 0 Å². The Morgan fingerprint density at radius 1 is 0.852 bits per heavy atom. The molecule has 0 saturated carbocycles. The first kappa shape index (κ1) is 17.3. The largest absolute Gasteiger partial charge is 0.285 e. The molecular formula is C21H19N3O2S. The normalized spacial score (nSPS) is 11.6. The minimum Gasteiger partial charge on any atom is -0.285 e. The van der Waals surface area contributed by atoms with E-state index in [1.165, 1.54) is 0 Å². The van der Waals surface area contributed by atoms with Gasteiger partial charge in [-0.3, -0.25) is 9.12 Å². The van der Waals surface area contributed by atoms with Crippen molar-refractivity contribution >= 4 is 21.5 Å². The topological polar surface area (TPSA) is 63.5 Å².